The Morgan fingerprint density at radius 1 is 1.70 bits per heavy atom. The second kappa shape index (κ2) is 4.06. The molecular weight excluding hydrogens is 133 g/mol. The van der Waals surface area contributed by atoms with Gasteiger partial charge in [-0.05, 0) is 0 Å². The van der Waals surface area contributed by atoms with Gasteiger partial charge in [-0.15, -0.1) is 0 Å². The van der Waals surface area contributed by atoms with E-state index in [0.29, 0.717) is 5.76 Å². The summed E-state index contributed by atoms with van der Waals surface area (Å²) < 4.78 is 16.9. The van der Waals surface area contributed by atoms with Crippen LogP contribution in [-0.2, 0) is 4.74 Å². The average molecular weight is 145 g/mol. The lowest BCUT2D eigenvalue weighted by Gasteiger charge is -2.08. The molecule has 0 aromatic heterocycles. The Hall–Kier alpha value is -0.830. The molecule has 2 nitrogen and oxygen atoms in total. The minimum absolute atomic E-state index is 0.284. The molecule has 0 spiro atoms. The van der Waals surface area contributed by atoms with Crippen LogP contribution < -0.4 is 5.73 Å². The standard InChI is InChI=1S/C7H12FNO/c1-5(10-3)4-7(9)6(2)8/h7H,1-2,4,9H2,3H3. The van der Waals surface area contributed by atoms with Gasteiger partial charge in [-0.2, -0.15) is 0 Å². The monoisotopic (exact) mass is 145 g/mol. The topological polar surface area (TPSA) is 35.2 Å². The maximum absolute atomic E-state index is 12.2. The summed E-state index contributed by atoms with van der Waals surface area (Å²) in [5, 5.41) is 0. The van der Waals surface area contributed by atoms with E-state index in [4.69, 9.17) is 5.73 Å². The first kappa shape index (κ1) is 9.17. The largest absolute Gasteiger partial charge is 0.502 e. The molecule has 0 saturated carbocycles. The second-order valence-corrected chi connectivity index (χ2v) is 2.00. The van der Waals surface area contributed by atoms with E-state index in [2.05, 4.69) is 17.9 Å². The van der Waals surface area contributed by atoms with E-state index in [0.717, 1.165) is 0 Å². The number of hydrogen-bond acceptors (Lipinski definition) is 2. The molecule has 0 radical (unpaired) electrons. The summed E-state index contributed by atoms with van der Waals surface area (Å²) in [5.41, 5.74) is 5.28. The fourth-order valence-corrected chi connectivity index (χ4v) is 0.439. The van der Waals surface area contributed by atoms with Gasteiger partial charge in [0.25, 0.3) is 0 Å². The summed E-state index contributed by atoms with van der Waals surface area (Å²) in [6, 6.07) is -0.688. The van der Waals surface area contributed by atoms with Crippen LogP contribution in [0.5, 0.6) is 0 Å². The van der Waals surface area contributed by atoms with Crippen molar-refractivity contribution in [2.24, 2.45) is 5.73 Å². The fourth-order valence-electron chi connectivity index (χ4n) is 0.439. The highest BCUT2D eigenvalue weighted by atomic mass is 19.1. The van der Waals surface area contributed by atoms with Crippen LogP contribution in [0.25, 0.3) is 0 Å². The summed E-state index contributed by atoms with van der Waals surface area (Å²) in [7, 11) is 1.47. The molecule has 0 saturated heterocycles. The molecule has 2 N–H and O–H groups in total. The van der Waals surface area contributed by atoms with E-state index in [1.54, 1.807) is 0 Å². The number of nitrogens with two attached hydrogens (primary N) is 1. The Morgan fingerprint density at radius 2 is 2.20 bits per heavy atom. The van der Waals surface area contributed by atoms with E-state index in [1.165, 1.54) is 7.11 Å². The number of rotatable bonds is 4. The van der Waals surface area contributed by atoms with Crippen LogP contribution in [0.1, 0.15) is 6.42 Å². The highest BCUT2D eigenvalue weighted by Crippen LogP contribution is 2.08. The lowest BCUT2D eigenvalue weighted by atomic mass is 10.2. The van der Waals surface area contributed by atoms with Crippen molar-refractivity contribution >= 4 is 0 Å². The van der Waals surface area contributed by atoms with Gasteiger partial charge in [-0.25, -0.2) is 4.39 Å². The van der Waals surface area contributed by atoms with Gasteiger partial charge in [0.15, 0.2) is 0 Å². The van der Waals surface area contributed by atoms with Crippen LogP contribution in [0.2, 0.25) is 0 Å². The quantitative estimate of drug-likeness (QED) is 0.606. The van der Waals surface area contributed by atoms with Crippen molar-refractivity contribution in [1.29, 1.82) is 0 Å². The predicted octanol–water partition coefficient (Wildman–Crippen LogP) is 1.35. The molecule has 0 aromatic carbocycles. The Morgan fingerprint density at radius 3 is 2.50 bits per heavy atom. The van der Waals surface area contributed by atoms with E-state index in [-0.39, 0.29) is 6.42 Å². The van der Waals surface area contributed by atoms with Crippen molar-refractivity contribution < 1.29 is 9.13 Å². The molecule has 0 aromatic rings. The van der Waals surface area contributed by atoms with Crippen LogP contribution in [0.15, 0.2) is 24.7 Å². The van der Waals surface area contributed by atoms with Crippen molar-refractivity contribution in [3.8, 4) is 0 Å². The highest BCUT2D eigenvalue weighted by Gasteiger charge is 2.07. The first-order valence-corrected chi connectivity index (χ1v) is 2.89. The van der Waals surface area contributed by atoms with Gasteiger partial charge in [0.05, 0.1) is 18.9 Å². The molecule has 0 bridgehead atoms. The molecule has 1 unspecified atom stereocenters. The summed E-state index contributed by atoms with van der Waals surface area (Å²) in [4.78, 5) is 0. The van der Waals surface area contributed by atoms with Gasteiger partial charge in [-0.1, -0.05) is 13.2 Å². The van der Waals surface area contributed by atoms with E-state index in [1.807, 2.05) is 0 Å². The maximum atomic E-state index is 12.2. The van der Waals surface area contributed by atoms with Gasteiger partial charge in [0, 0.05) is 6.42 Å². The van der Waals surface area contributed by atoms with Gasteiger partial charge in [0.2, 0.25) is 0 Å². The second-order valence-electron chi connectivity index (χ2n) is 2.00. The number of ether oxygens (including phenoxy) is 1. The van der Waals surface area contributed by atoms with Crippen LogP contribution in [0.4, 0.5) is 4.39 Å². The van der Waals surface area contributed by atoms with E-state index in [9.17, 15) is 4.39 Å². The average Bonchev–Trinajstić information content (AvgIpc) is 1.87. The highest BCUT2D eigenvalue weighted by molar-refractivity contribution is 5.00. The fraction of sp³-hybridized carbons (Fsp3) is 0.429. The predicted molar refractivity (Wildman–Crippen MR) is 39.0 cm³/mol. The molecule has 1 atom stereocenters. The normalized spacial score (nSPS) is 12.3. The molecule has 0 aliphatic carbocycles. The minimum Gasteiger partial charge on any atom is -0.502 e. The van der Waals surface area contributed by atoms with Crippen molar-refractivity contribution in [3.05, 3.63) is 24.7 Å². The molecule has 0 heterocycles. The van der Waals surface area contributed by atoms with Gasteiger partial charge >= 0.3 is 0 Å². The zero-order chi connectivity index (χ0) is 8.15. The third-order valence-electron chi connectivity index (χ3n) is 1.14. The molecule has 3 heteroatoms. The molecule has 58 valence electrons. The lowest BCUT2D eigenvalue weighted by Crippen LogP contribution is -2.20. The zero-order valence-electron chi connectivity index (χ0n) is 6.06. The van der Waals surface area contributed by atoms with E-state index < -0.39 is 11.9 Å². The van der Waals surface area contributed by atoms with Gasteiger partial charge in [0.1, 0.15) is 5.83 Å². The van der Waals surface area contributed by atoms with Crippen molar-refractivity contribution in [3.63, 3.8) is 0 Å². The summed E-state index contributed by atoms with van der Waals surface area (Å²) in [5.74, 6) is -0.0792. The van der Waals surface area contributed by atoms with Crippen LogP contribution >= 0.6 is 0 Å². The number of hydrogen-bond donors (Lipinski definition) is 1. The summed E-state index contributed by atoms with van der Waals surface area (Å²) >= 11 is 0. The Bertz CT molecular complexity index is 145. The molecule has 0 rings (SSSR count). The van der Waals surface area contributed by atoms with Gasteiger partial charge < -0.3 is 10.5 Å². The zero-order valence-corrected chi connectivity index (χ0v) is 6.06. The van der Waals surface area contributed by atoms with Crippen LogP contribution in [0, 0.1) is 0 Å². The van der Waals surface area contributed by atoms with Crippen molar-refractivity contribution in [1.82, 2.24) is 0 Å². The van der Waals surface area contributed by atoms with Crippen LogP contribution in [-0.4, -0.2) is 13.2 Å². The first-order chi connectivity index (χ1) is 4.57. The third kappa shape index (κ3) is 3.25. The smallest absolute Gasteiger partial charge is 0.110 e. The maximum Gasteiger partial charge on any atom is 0.110 e. The summed E-state index contributed by atoms with van der Waals surface area (Å²) in [6.45, 7) is 6.54. The molecule has 0 fully saturated rings. The Balaban J connectivity index is 3.68. The Labute approximate surface area is 60.2 Å². The van der Waals surface area contributed by atoms with Gasteiger partial charge in [-0.3, -0.25) is 0 Å². The molecular formula is C7H12FNO. The number of methoxy groups -OCH3 is 1. The van der Waals surface area contributed by atoms with E-state index >= 15 is 0 Å². The van der Waals surface area contributed by atoms with Crippen molar-refractivity contribution in [2.75, 3.05) is 7.11 Å². The lowest BCUT2D eigenvalue weighted by molar-refractivity contribution is 0.272. The number of halogens is 1. The third-order valence-corrected chi connectivity index (χ3v) is 1.14. The first-order valence-electron chi connectivity index (χ1n) is 2.89. The molecule has 0 aliphatic rings. The summed E-state index contributed by atoms with van der Waals surface area (Å²) in [6.07, 6.45) is 0.284. The SMILES string of the molecule is C=C(CC(N)C(=C)F)OC. The van der Waals surface area contributed by atoms with Crippen LogP contribution in [0.3, 0.4) is 0 Å². The van der Waals surface area contributed by atoms with Crippen molar-refractivity contribution in [2.45, 2.75) is 12.5 Å². The molecule has 0 amide bonds. The molecule has 0 aliphatic heterocycles. The molecule has 10 heavy (non-hydrogen) atoms. The Kier molecular flexibility index (Phi) is 3.72. The minimum atomic E-state index is -0.688.